The minimum Gasteiger partial charge on any atom is -0.310 e. The highest BCUT2D eigenvalue weighted by atomic mass is 79.9. The van der Waals surface area contributed by atoms with Gasteiger partial charge in [-0.15, -0.1) is 0 Å². The maximum absolute atomic E-state index is 13.4. The van der Waals surface area contributed by atoms with E-state index in [9.17, 15) is 4.39 Å². The molecule has 1 unspecified atom stereocenters. The fourth-order valence-electron chi connectivity index (χ4n) is 2.18. The summed E-state index contributed by atoms with van der Waals surface area (Å²) < 4.78 is 14.5. The Labute approximate surface area is 132 Å². The summed E-state index contributed by atoms with van der Waals surface area (Å²) in [5.74, 6) is -0.261. The van der Waals surface area contributed by atoms with Crippen LogP contribution in [0.1, 0.15) is 24.1 Å². The van der Waals surface area contributed by atoms with Gasteiger partial charge in [0, 0.05) is 15.5 Å². The minimum absolute atomic E-state index is 0.00405. The quantitative estimate of drug-likeness (QED) is 0.782. The highest BCUT2D eigenvalue weighted by Gasteiger charge is 2.15. The van der Waals surface area contributed by atoms with Gasteiger partial charge in [0.15, 0.2) is 0 Å². The minimum atomic E-state index is -0.261. The van der Waals surface area contributed by atoms with Gasteiger partial charge in [-0.3, -0.25) is 0 Å². The predicted octanol–water partition coefficient (Wildman–Crippen LogP) is 5.13. The molecule has 1 N–H and O–H groups in total. The van der Waals surface area contributed by atoms with Crippen LogP contribution in [0.25, 0.3) is 0 Å². The molecule has 0 aliphatic carbocycles. The van der Waals surface area contributed by atoms with Crippen LogP contribution in [0, 0.1) is 5.82 Å². The maximum atomic E-state index is 13.4. The van der Waals surface area contributed by atoms with Gasteiger partial charge in [-0.2, -0.15) is 0 Å². The van der Waals surface area contributed by atoms with Crippen LogP contribution in [0.15, 0.2) is 46.9 Å². The highest BCUT2D eigenvalue weighted by Crippen LogP contribution is 2.27. The number of halogens is 3. The Morgan fingerprint density at radius 1 is 1.20 bits per heavy atom. The molecule has 0 amide bonds. The van der Waals surface area contributed by atoms with E-state index in [1.54, 1.807) is 6.07 Å². The van der Waals surface area contributed by atoms with Crippen molar-refractivity contribution in [1.82, 2.24) is 5.32 Å². The Kier molecular flexibility index (Phi) is 5.58. The summed E-state index contributed by atoms with van der Waals surface area (Å²) in [6, 6.07) is 12.6. The van der Waals surface area contributed by atoms with Crippen LogP contribution in [-0.4, -0.2) is 6.54 Å². The Balaban J connectivity index is 2.26. The molecule has 0 aliphatic heterocycles. The van der Waals surface area contributed by atoms with Crippen LogP contribution in [0.5, 0.6) is 0 Å². The lowest BCUT2D eigenvalue weighted by molar-refractivity contribution is 0.543. The van der Waals surface area contributed by atoms with Gasteiger partial charge in [-0.25, -0.2) is 4.39 Å². The van der Waals surface area contributed by atoms with E-state index >= 15 is 0 Å². The predicted molar refractivity (Wildman–Crippen MR) is 85.7 cm³/mol. The van der Waals surface area contributed by atoms with Crippen molar-refractivity contribution in [1.29, 1.82) is 0 Å². The van der Waals surface area contributed by atoms with Crippen molar-refractivity contribution in [3.8, 4) is 0 Å². The van der Waals surface area contributed by atoms with E-state index < -0.39 is 0 Å². The molecule has 0 saturated carbocycles. The van der Waals surface area contributed by atoms with Gasteiger partial charge < -0.3 is 5.32 Å². The molecule has 0 bridgehead atoms. The molecule has 2 aromatic carbocycles. The van der Waals surface area contributed by atoms with Crippen molar-refractivity contribution in [2.24, 2.45) is 0 Å². The number of likely N-dealkylation sites (N-methyl/N-ethyl adjacent to an activating group) is 1. The zero-order valence-corrected chi connectivity index (χ0v) is 13.5. The van der Waals surface area contributed by atoms with Gasteiger partial charge in [0.1, 0.15) is 5.82 Å². The molecule has 0 saturated heterocycles. The average Bonchev–Trinajstić information content (AvgIpc) is 2.43. The normalized spacial score (nSPS) is 12.4. The third-order valence-electron chi connectivity index (χ3n) is 3.14. The second-order valence-corrected chi connectivity index (χ2v) is 5.93. The number of rotatable bonds is 5. The van der Waals surface area contributed by atoms with Crippen LogP contribution < -0.4 is 5.32 Å². The molecule has 4 heteroatoms. The van der Waals surface area contributed by atoms with E-state index in [-0.39, 0.29) is 11.9 Å². The van der Waals surface area contributed by atoms with Gasteiger partial charge in [0.2, 0.25) is 0 Å². The monoisotopic (exact) mass is 355 g/mol. The zero-order chi connectivity index (χ0) is 14.5. The van der Waals surface area contributed by atoms with E-state index in [1.807, 2.05) is 19.1 Å². The molecule has 0 aliphatic rings. The molecule has 0 aromatic heterocycles. The summed E-state index contributed by atoms with van der Waals surface area (Å²) in [5.41, 5.74) is 1.98. The molecular formula is C16H16BrClFN. The summed E-state index contributed by atoms with van der Waals surface area (Å²) in [5, 5.41) is 3.96. The number of hydrogen-bond donors (Lipinski definition) is 1. The molecule has 106 valence electrons. The number of nitrogens with one attached hydrogen (secondary N) is 1. The first-order valence-electron chi connectivity index (χ1n) is 6.53. The topological polar surface area (TPSA) is 12.0 Å². The van der Waals surface area contributed by atoms with Crippen LogP contribution in [-0.2, 0) is 6.42 Å². The summed E-state index contributed by atoms with van der Waals surface area (Å²) >= 11 is 9.63. The van der Waals surface area contributed by atoms with Crippen molar-refractivity contribution in [2.45, 2.75) is 19.4 Å². The summed E-state index contributed by atoms with van der Waals surface area (Å²) in [4.78, 5) is 0. The Morgan fingerprint density at radius 2 is 1.90 bits per heavy atom. The molecule has 0 heterocycles. The van der Waals surface area contributed by atoms with Crippen LogP contribution in [0.4, 0.5) is 4.39 Å². The van der Waals surface area contributed by atoms with Crippen molar-refractivity contribution < 1.29 is 4.39 Å². The SMILES string of the molecule is CCNC(Cc1ccc(Br)cc1)c1cc(F)ccc1Cl. The second kappa shape index (κ2) is 7.21. The van der Waals surface area contributed by atoms with Crippen molar-refractivity contribution in [3.05, 3.63) is 68.9 Å². The Morgan fingerprint density at radius 3 is 2.55 bits per heavy atom. The zero-order valence-electron chi connectivity index (χ0n) is 11.2. The molecule has 0 spiro atoms. The lowest BCUT2D eigenvalue weighted by Crippen LogP contribution is -2.23. The number of benzene rings is 2. The molecule has 1 nitrogen and oxygen atoms in total. The van der Waals surface area contributed by atoms with Gasteiger partial charge in [-0.05, 0) is 54.4 Å². The highest BCUT2D eigenvalue weighted by molar-refractivity contribution is 9.10. The largest absolute Gasteiger partial charge is 0.310 e. The number of hydrogen-bond acceptors (Lipinski definition) is 1. The first-order valence-corrected chi connectivity index (χ1v) is 7.70. The molecule has 0 radical (unpaired) electrons. The average molecular weight is 357 g/mol. The Bertz CT molecular complexity index is 571. The van der Waals surface area contributed by atoms with E-state index in [4.69, 9.17) is 11.6 Å². The summed E-state index contributed by atoms with van der Waals surface area (Å²) in [6.45, 7) is 2.83. The third kappa shape index (κ3) is 4.05. The van der Waals surface area contributed by atoms with Crippen molar-refractivity contribution >= 4 is 27.5 Å². The molecule has 1 atom stereocenters. The van der Waals surface area contributed by atoms with E-state index in [0.29, 0.717) is 5.02 Å². The molecule has 2 rings (SSSR count). The van der Waals surface area contributed by atoms with Crippen LogP contribution >= 0.6 is 27.5 Å². The first-order chi connectivity index (χ1) is 9.60. The maximum Gasteiger partial charge on any atom is 0.123 e. The van der Waals surface area contributed by atoms with E-state index in [0.717, 1.165) is 23.0 Å². The van der Waals surface area contributed by atoms with Gasteiger partial charge in [0.05, 0.1) is 0 Å². The standard InChI is InChI=1S/C16H16BrClFN/c1-2-20-16(9-11-3-5-12(17)6-4-11)14-10-13(19)7-8-15(14)18/h3-8,10,16,20H,2,9H2,1H3. The lowest BCUT2D eigenvalue weighted by Gasteiger charge is -2.20. The summed E-state index contributed by atoms with van der Waals surface area (Å²) in [7, 11) is 0. The Hall–Kier alpha value is -0.900. The first kappa shape index (κ1) is 15.5. The van der Waals surface area contributed by atoms with Gasteiger partial charge >= 0.3 is 0 Å². The fourth-order valence-corrected chi connectivity index (χ4v) is 2.69. The lowest BCUT2D eigenvalue weighted by atomic mass is 9.98. The van der Waals surface area contributed by atoms with Crippen molar-refractivity contribution in [3.63, 3.8) is 0 Å². The summed E-state index contributed by atoms with van der Waals surface area (Å²) in [6.07, 6.45) is 0.768. The van der Waals surface area contributed by atoms with Gasteiger partial charge in [-0.1, -0.05) is 46.6 Å². The van der Waals surface area contributed by atoms with Crippen molar-refractivity contribution in [2.75, 3.05) is 6.54 Å². The van der Waals surface area contributed by atoms with Gasteiger partial charge in [0.25, 0.3) is 0 Å². The molecule has 0 fully saturated rings. The molecule has 20 heavy (non-hydrogen) atoms. The molecular weight excluding hydrogens is 341 g/mol. The van der Waals surface area contributed by atoms with Crippen LogP contribution in [0.3, 0.4) is 0 Å². The van der Waals surface area contributed by atoms with E-state index in [2.05, 4.69) is 33.4 Å². The van der Waals surface area contributed by atoms with Crippen LogP contribution in [0.2, 0.25) is 5.02 Å². The third-order valence-corrected chi connectivity index (χ3v) is 4.01. The second-order valence-electron chi connectivity index (χ2n) is 4.61. The fraction of sp³-hybridized carbons (Fsp3) is 0.250. The smallest absolute Gasteiger partial charge is 0.123 e. The van der Waals surface area contributed by atoms with E-state index in [1.165, 1.54) is 17.7 Å². The molecule has 2 aromatic rings.